The Kier molecular flexibility index (Phi) is 11.6. The lowest BCUT2D eigenvalue weighted by Crippen LogP contribution is -2.23. The zero-order valence-electron chi connectivity index (χ0n) is 21.8. The summed E-state index contributed by atoms with van der Waals surface area (Å²) in [5.74, 6) is 2.42. The third kappa shape index (κ3) is 7.78. The standard InChI is InChI=1S/C30H48O2/c1-7-9-11-13-15-17-24-19-25(18-16-14-12-10-8-2)30-26(20-24)21-27(28(31)22(3)4)29(32-30)23(5)6/h19-20,22-23H,7-18,21H2,1-6H3. The molecule has 180 valence electrons. The monoisotopic (exact) mass is 440 g/mol. The predicted molar refractivity (Wildman–Crippen MR) is 137 cm³/mol. The van der Waals surface area contributed by atoms with Crippen molar-refractivity contribution < 1.29 is 9.53 Å². The third-order valence-corrected chi connectivity index (χ3v) is 6.64. The summed E-state index contributed by atoms with van der Waals surface area (Å²) in [4.78, 5) is 13.0. The lowest BCUT2D eigenvalue weighted by atomic mass is 9.86. The summed E-state index contributed by atoms with van der Waals surface area (Å²) in [5.41, 5.74) is 4.91. The Balaban J connectivity index is 2.27. The van der Waals surface area contributed by atoms with Crippen LogP contribution in [-0.2, 0) is 24.1 Å². The highest BCUT2D eigenvalue weighted by Gasteiger charge is 2.29. The van der Waals surface area contributed by atoms with Gasteiger partial charge in [0.15, 0.2) is 5.78 Å². The van der Waals surface area contributed by atoms with E-state index >= 15 is 0 Å². The van der Waals surface area contributed by atoms with Crippen LogP contribution in [0, 0.1) is 11.8 Å². The Bertz CT molecular complexity index is 754. The molecule has 2 heteroatoms. The van der Waals surface area contributed by atoms with Crippen LogP contribution >= 0.6 is 0 Å². The lowest BCUT2D eigenvalue weighted by molar-refractivity contribution is -0.118. The van der Waals surface area contributed by atoms with Gasteiger partial charge in [-0.15, -0.1) is 0 Å². The molecule has 1 aliphatic heterocycles. The van der Waals surface area contributed by atoms with E-state index < -0.39 is 0 Å². The first-order valence-electron chi connectivity index (χ1n) is 13.5. The van der Waals surface area contributed by atoms with Crippen molar-refractivity contribution in [2.24, 2.45) is 11.8 Å². The summed E-state index contributed by atoms with van der Waals surface area (Å²) in [6.45, 7) is 12.8. The second kappa shape index (κ2) is 13.9. The van der Waals surface area contributed by atoms with E-state index in [9.17, 15) is 4.79 Å². The van der Waals surface area contributed by atoms with Crippen LogP contribution in [-0.4, -0.2) is 5.78 Å². The first-order chi connectivity index (χ1) is 15.4. The van der Waals surface area contributed by atoms with Gasteiger partial charge in [0.1, 0.15) is 11.5 Å². The number of ether oxygens (including phenoxy) is 1. The number of rotatable bonds is 15. The Morgan fingerprint density at radius 1 is 0.844 bits per heavy atom. The zero-order chi connectivity index (χ0) is 23.5. The molecular formula is C30H48O2. The second-order valence-electron chi connectivity index (χ2n) is 10.4. The highest BCUT2D eigenvalue weighted by atomic mass is 16.5. The van der Waals surface area contributed by atoms with E-state index in [4.69, 9.17) is 4.74 Å². The van der Waals surface area contributed by atoms with Gasteiger partial charge in [-0.25, -0.2) is 0 Å². The molecule has 0 radical (unpaired) electrons. The van der Waals surface area contributed by atoms with E-state index in [1.807, 2.05) is 13.8 Å². The number of fused-ring (bicyclic) bond motifs is 1. The van der Waals surface area contributed by atoms with E-state index in [1.54, 1.807) is 0 Å². The Morgan fingerprint density at radius 2 is 1.44 bits per heavy atom. The maximum absolute atomic E-state index is 13.0. The minimum Gasteiger partial charge on any atom is -0.460 e. The molecular weight excluding hydrogens is 392 g/mol. The van der Waals surface area contributed by atoms with Crippen LogP contribution in [0.25, 0.3) is 0 Å². The number of hydrogen-bond donors (Lipinski definition) is 0. The van der Waals surface area contributed by atoms with E-state index in [1.165, 1.54) is 80.9 Å². The van der Waals surface area contributed by atoms with Crippen molar-refractivity contribution in [1.82, 2.24) is 0 Å². The molecule has 2 nitrogen and oxygen atoms in total. The fourth-order valence-corrected chi connectivity index (χ4v) is 4.74. The minimum atomic E-state index is 0.00341. The second-order valence-corrected chi connectivity index (χ2v) is 10.4. The van der Waals surface area contributed by atoms with Crippen LogP contribution in [0.2, 0.25) is 0 Å². The average molecular weight is 441 g/mol. The first-order valence-corrected chi connectivity index (χ1v) is 13.5. The van der Waals surface area contributed by atoms with E-state index in [2.05, 4.69) is 39.8 Å². The highest BCUT2D eigenvalue weighted by Crippen LogP contribution is 2.39. The summed E-state index contributed by atoms with van der Waals surface area (Å²) in [6.07, 6.45) is 15.9. The van der Waals surface area contributed by atoms with Gasteiger partial charge < -0.3 is 4.74 Å². The van der Waals surface area contributed by atoms with Crippen LogP contribution in [0.1, 0.15) is 122 Å². The first kappa shape index (κ1) is 26.7. The van der Waals surface area contributed by atoms with Crippen molar-refractivity contribution >= 4 is 5.78 Å². The molecule has 0 aromatic heterocycles. The van der Waals surface area contributed by atoms with Crippen molar-refractivity contribution in [3.63, 3.8) is 0 Å². The maximum atomic E-state index is 13.0. The van der Waals surface area contributed by atoms with Crippen molar-refractivity contribution in [2.75, 3.05) is 0 Å². The Morgan fingerprint density at radius 3 is 2.00 bits per heavy atom. The zero-order valence-corrected chi connectivity index (χ0v) is 21.8. The lowest BCUT2D eigenvalue weighted by Gasteiger charge is -2.28. The van der Waals surface area contributed by atoms with Crippen LogP contribution in [0.15, 0.2) is 23.5 Å². The Labute approximate surface area is 198 Å². The van der Waals surface area contributed by atoms with Crippen LogP contribution in [0.3, 0.4) is 0 Å². The number of ketones is 1. The molecule has 0 N–H and O–H groups in total. The molecule has 1 aromatic carbocycles. The molecule has 0 bridgehead atoms. The van der Waals surface area contributed by atoms with Gasteiger partial charge in [0.05, 0.1) is 0 Å². The smallest absolute Gasteiger partial charge is 0.165 e. The fourth-order valence-electron chi connectivity index (χ4n) is 4.74. The summed E-state index contributed by atoms with van der Waals surface area (Å²) in [6, 6.07) is 4.74. The molecule has 1 aromatic rings. The molecule has 1 aliphatic rings. The van der Waals surface area contributed by atoms with E-state index in [0.29, 0.717) is 0 Å². The largest absolute Gasteiger partial charge is 0.460 e. The van der Waals surface area contributed by atoms with Crippen LogP contribution < -0.4 is 4.74 Å². The molecule has 2 rings (SSSR count). The molecule has 0 spiro atoms. The van der Waals surface area contributed by atoms with Gasteiger partial charge in [-0.3, -0.25) is 4.79 Å². The summed E-state index contributed by atoms with van der Waals surface area (Å²) >= 11 is 0. The summed E-state index contributed by atoms with van der Waals surface area (Å²) in [7, 11) is 0. The molecule has 0 unspecified atom stereocenters. The summed E-state index contributed by atoms with van der Waals surface area (Å²) < 4.78 is 6.56. The maximum Gasteiger partial charge on any atom is 0.165 e. The number of Topliss-reactive ketones (excluding diaryl/α,β-unsaturated/α-hetero) is 1. The number of carbonyl (C=O) groups excluding carboxylic acids is 1. The molecule has 0 amide bonds. The van der Waals surface area contributed by atoms with E-state index in [-0.39, 0.29) is 17.6 Å². The van der Waals surface area contributed by atoms with Crippen molar-refractivity contribution in [1.29, 1.82) is 0 Å². The van der Waals surface area contributed by atoms with Crippen molar-refractivity contribution in [2.45, 2.75) is 125 Å². The molecule has 0 saturated heterocycles. The SMILES string of the molecule is CCCCCCCc1cc(CCCCCCC)c2c(c1)CC(C(=O)C(C)C)=C(C(C)C)O2. The minimum absolute atomic E-state index is 0.00341. The number of hydrogen-bond acceptors (Lipinski definition) is 2. The molecule has 0 saturated carbocycles. The van der Waals surface area contributed by atoms with Gasteiger partial charge in [0.2, 0.25) is 0 Å². The topological polar surface area (TPSA) is 26.3 Å². The molecule has 0 atom stereocenters. The molecule has 1 heterocycles. The molecule has 32 heavy (non-hydrogen) atoms. The quantitative estimate of drug-likeness (QED) is 0.255. The van der Waals surface area contributed by atoms with E-state index in [0.717, 1.165) is 36.3 Å². The normalized spacial score (nSPS) is 13.6. The number of aryl methyl sites for hydroxylation is 2. The van der Waals surface area contributed by atoms with Crippen molar-refractivity contribution in [3.05, 3.63) is 40.2 Å². The predicted octanol–water partition coefficient (Wildman–Crippen LogP) is 8.78. The number of carbonyl (C=O) groups is 1. The number of allylic oxidation sites excluding steroid dienone is 2. The average Bonchev–Trinajstić information content (AvgIpc) is 2.77. The van der Waals surface area contributed by atoms with Gasteiger partial charge in [-0.1, -0.05) is 105 Å². The van der Waals surface area contributed by atoms with Crippen LogP contribution in [0.4, 0.5) is 0 Å². The van der Waals surface area contributed by atoms with Gasteiger partial charge in [0.25, 0.3) is 0 Å². The van der Waals surface area contributed by atoms with Crippen LogP contribution in [0.5, 0.6) is 5.75 Å². The van der Waals surface area contributed by atoms with Gasteiger partial charge >= 0.3 is 0 Å². The third-order valence-electron chi connectivity index (χ3n) is 6.64. The molecule has 0 fully saturated rings. The number of unbranched alkanes of at least 4 members (excludes halogenated alkanes) is 8. The highest BCUT2D eigenvalue weighted by molar-refractivity contribution is 5.98. The fraction of sp³-hybridized carbons (Fsp3) is 0.700. The van der Waals surface area contributed by atoms with Gasteiger partial charge in [-0.05, 0) is 42.4 Å². The van der Waals surface area contributed by atoms with Crippen molar-refractivity contribution in [3.8, 4) is 5.75 Å². The number of benzene rings is 1. The Hall–Kier alpha value is -1.57. The van der Waals surface area contributed by atoms with Gasteiger partial charge in [-0.2, -0.15) is 0 Å². The summed E-state index contributed by atoms with van der Waals surface area (Å²) in [5, 5.41) is 0. The molecule has 0 aliphatic carbocycles. The van der Waals surface area contributed by atoms with Gasteiger partial charge in [0, 0.05) is 23.8 Å².